The largest absolute Gasteiger partial charge is 2.00 e. The monoisotopic (exact) mass is 512 g/mol. The topological polar surface area (TPSA) is 81.1 Å². The maximum absolute atomic E-state index is 9.02. The van der Waals surface area contributed by atoms with Crippen LogP contribution in [0.4, 0.5) is 5.69 Å². The Morgan fingerprint density at radius 2 is 1.60 bits per heavy atom. The third-order valence-corrected chi connectivity index (χ3v) is 5.80. The van der Waals surface area contributed by atoms with Gasteiger partial charge >= 0.3 is 19.5 Å². The molecule has 0 aliphatic carbocycles. The standard InChI is InChI=1S/2C14H14N3.Zn/c1-8-6-9(2)16-12(8)7-13-10(3)14(15-5)11(4)17-13;1-8-5-9(2)16-13(8)6-14-10(3)12(7-15)11(4)17-14;/h6-7H,1-4H3;5-6H,1-4H3;/q2*-1;+2/b12-7-;14-6-;. The van der Waals surface area contributed by atoms with E-state index in [9.17, 15) is 0 Å². The van der Waals surface area contributed by atoms with E-state index in [0.29, 0.717) is 11.3 Å². The fourth-order valence-corrected chi connectivity index (χ4v) is 3.99. The van der Waals surface area contributed by atoms with Crippen molar-refractivity contribution in [2.24, 2.45) is 9.98 Å². The molecular formula is C28H28N6Zn. The Kier molecular flexibility index (Phi) is 8.91. The molecule has 2 aliphatic rings. The van der Waals surface area contributed by atoms with Crippen molar-refractivity contribution in [3.05, 3.63) is 85.6 Å². The predicted octanol–water partition coefficient (Wildman–Crippen LogP) is 6.49. The summed E-state index contributed by atoms with van der Waals surface area (Å²) in [5.74, 6) is 0. The van der Waals surface area contributed by atoms with E-state index in [-0.39, 0.29) is 19.5 Å². The molecule has 0 saturated heterocycles. The zero-order chi connectivity index (χ0) is 25.2. The summed E-state index contributed by atoms with van der Waals surface area (Å²) in [5, 5.41) is 9.02. The van der Waals surface area contributed by atoms with Crippen LogP contribution >= 0.6 is 0 Å². The molecule has 35 heavy (non-hydrogen) atoms. The molecule has 0 amide bonds. The van der Waals surface area contributed by atoms with Gasteiger partial charge in [-0.3, -0.25) is 9.98 Å². The minimum absolute atomic E-state index is 0. The summed E-state index contributed by atoms with van der Waals surface area (Å²) in [4.78, 5) is 21.2. The molecule has 4 heterocycles. The third-order valence-electron chi connectivity index (χ3n) is 5.80. The van der Waals surface area contributed by atoms with Gasteiger partial charge < -0.3 is 9.97 Å². The van der Waals surface area contributed by atoms with Gasteiger partial charge in [0, 0.05) is 5.71 Å². The normalized spacial score (nSPS) is 16.8. The average Bonchev–Trinajstić information content (AvgIpc) is 3.43. The smallest absolute Gasteiger partial charge is 0.672 e. The first kappa shape index (κ1) is 27.7. The second-order valence-corrected chi connectivity index (χ2v) is 8.58. The van der Waals surface area contributed by atoms with E-state index in [1.54, 1.807) is 0 Å². The van der Waals surface area contributed by atoms with Crippen LogP contribution in [0.25, 0.3) is 17.0 Å². The Bertz CT molecular complexity index is 1440. The summed E-state index contributed by atoms with van der Waals surface area (Å²) >= 11 is 0. The van der Waals surface area contributed by atoms with E-state index in [2.05, 4.69) is 30.9 Å². The molecule has 4 rings (SSSR count). The second-order valence-electron chi connectivity index (χ2n) is 8.58. The SMILES string of the molecule is CC1=N/C(=C\c2[n-]c(C)cc2C)C(C)=C1C#N.[C-]#[N+]c1c(C)[n-]c(/C=C2\N=C(C)C=C2C)c1C.[Zn+2]. The molecule has 0 bridgehead atoms. The van der Waals surface area contributed by atoms with Crippen LogP contribution in [-0.4, -0.2) is 11.4 Å². The zero-order valence-corrected chi connectivity index (χ0v) is 24.7. The van der Waals surface area contributed by atoms with Gasteiger partial charge in [-0.2, -0.15) is 16.6 Å². The van der Waals surface area contributed by atoms with Crippen molar-refractivity contribution in [3.8, 4) is 6.07 Å². The Morgan fingerprint density at radius 1 is 0.943 bits per heavy atom. The second kappa shape index (κ2) is 11.3. The molecule has 0 aromatic carbocycles. The Morgan fingerprint density at radius 3 is 2.06 bits per heavy atom. The summed E-state index contributed by atoms with van der Waals surface area (Å²) in [6, 6.07) is 4.23. The molecular weight excluding hydrogens is 486 g/mol. The number of hydrogen-bond acceptors (Lipinski definition) is 3. The molecule has 172 valence electrons. The van der Waals surface area contributed by atoms with Gasteiger partial charge in [0.2, 0.25) is 0 Å². The Labute approximate surface area is 220 Å². The molecule has 0 fully saturated rings. The molecule has 0 radical (unpaired) electrons. The first-order valence-corrected chi connectivity index (χ1v) is 11.0. The van der Waals surface area contributed by atoms with Gasteiger partial charge in [0.25, 0.3) is 0 Å². The predicted molar refractivity (Wildman–Crippen MR) is 139 cm³/mol. The van der Waals surface area contributed by atoms with Crippen LogP contribution in [0.3, 0.4) is 0 Å². The van der Waals surface area contributed by atoms with Gasteiger partial charge in [-0.15, -0.1) is 11.4 Å². The first-order valence-electron chi connectivity index (χ1n) is 11.0. The number of hydrogen-bond donors (Lipinski definition) is 0. The van der Waals surface area contributed by atoms with Crippen molar-refractivity contribution >= 4 is 29.3 Å². The van der Waals surface area contributed by atoms with Crippen molar-refractivity contribution in [1.29, 1.82) is 5.26 Å². The molecule has 0 N–H and O–H groups in total. The van der Waals surface area contributed by atoms with Gasteiger partial charge in [-0.1, -0.05) is 50.1 Å². The van der Waals surface area contributed by atoms with E-state index in [1.165, 1.54) is 0 Å². The van der Waals surface area contributed by atoms with Crippen molar-refractivity contribution in [3.63, 3.8) is 0 Å². The summed E-state index contributed by atoms with van der Waals surface area (Å²) in [5.41, 5.74) is 12.7. The third kappa shape index (κ3) is 5.94. The minimum atomic E-state index is 0. The maximum Gasteiger partial charge on any atom is 2.00 e. The van der Waals surface area contributed by atoms with E-state index in [4.69, 9.17) is 11.8 Å². The molecule has 2 aromatic heterocycles. The van der Waals surface area contributed by atoms with E-state index < -0.39 is 0 Å². The quantitative estimate of drug-likeness (QED) is 0.340. The molecule has 0 atom stereocenters. The number of rotatable bonds is 2. The summed E-state index contributed by atoms with van der Waals surface area (Å²) in [6.07, 6.45) is 5.96. The summed E-state index contributed by atoms with van der Waals surface area (Å²) < 4.78 is 0. The van der Waals surface area contributed by atoms with Crippen LogP contribution in [0.15, 0.2) is 50.2 Å². The van der Waals surface area contributed by atoms with E-state index in [0.717, 1.165) is 67.9 Å². The van der Waals surface area contributed by atoms with Crippen molar-refractivity contribution in [2.75, 3.05) is 0 Å². The van der Waals surface area contributed by atoms with Crippen LogP contribution in [0.5, 0.6) is 0 Å². The molecule has 7 heteroatoms. The van der Waals surface area contributed by atoms with Crippen LogP contribution < -0.4 is 9.97 Å². The van der Waals surface area contributed by atoms with Crippen molar-refractivity contribution in [1.82, 2.24) is 9.97 Å². The summed E-state index contributed by atoms with van der Waals surface area (Å²) in [7, 11) is 0. The first-order chi connectivity index (χ1) is 16.0. The fraction of sp³-hybridized carbons (Fsp3) is 0.286. The van der Waals surface area contributed by atoms with Crippen LogP contribution in [0.1, 0.15) is 61.6 Å². The molecule has 2 aromatic rings. The average molecular weight is 514 g/mol. The Hall–Kier alpha value is -3.54. The molecule has 2 aliphatic heterocycles. The van der Waals surface area contributed by atoms with Crippen molar-refractivity contribution in [2.45, 2.75) is 55.4 Å². The fourth-order valence-electron chi connectivity index (χ4n) is 3.99. The molecule has 0 unspecified atom stereocenters. The van der Waals surface area contributed by atoms with Crippen molar-refractivity contribution < 1.29 is 19.5 Å². The maximum atomic E-state index is 9.02. The molecule has 0 saturated carbocycles. The van der Waals surface area contributed by atoms with Crippen LogP contribution in [0.2, 0.25) is 0 Å². The Balaban J connectivity index is 0.000000240. The van der Waals surface area contributed by atoms with E-state index in [1.807, 2.05) is 79.7 Å². The number of nitrogens with zero attached hydrogens (tertiary/aromatic N) is 6. The number of aromatic nitrogens is 2. The van der Waals surface area contributed by atoms with Gasteiger partial charge in [-0.25, -0.2) is 4.85 Å². The summed E-state index contributed by atoms with van der Waals surface area (Å²) in [6.45, 7) is 22.7. The minimum Gasteiger partial charge on any atom is -0.672 e. The zero-order valence-electron chi connectivity index (χ0n) is 21.7. The van der Waals surface area contributed by atoms with Gasteiger partial charge in [-0.05, 0) is 51.8 Å². The van der Waals surface area contributed by atoms with Crippen LogP contribution in [-0.2, 0) is 19.5 Å². The molecule has 0 spiro atoms. The molecule has 6 nitrogen and oxygen atoms in total. The number of allylic oxidation sites excluding steroid dienone is 4. The number of aliphatic imine (C=N–C) groups is 2. The van der Waals surface area contributed by atoms with E-state index >= 15 is 0 Å². The van der Waals surface area contributed by atoms with Crippen LogP contribution in [0, 0.1) is 45.6 Å². The number of nitriles is 1. The van der Waals surface area contributed by atoms with Gasteiger partial charge in [0.15, 0.2) is 5.69 Å². The van der Waals surface area contributed by atoms with Gasteiger partial charge in [0.1, 0.15) is 6.07 Å². The van der Waals surface area contributed by atoms with Gasteiger partial charge in [0.05, 0.1) is 29.3 Å². The number of aryl methyl sites for hydroxylation is 3.